The first kappa shape index (κ1) is 9.78. The zero-order valence-electron chi connectivity index (χ0n) is 8.29. The van der Waals surface area contributed by atoms with Crippen molar-refractivity contribution in [2.75, 3.05) is 0 Å². The van der Waals surface area contributed by atoms with Crippen LogP contribution in [0.25, 0.3) is 0 Å². The van der Waals surface area contributed by atoms with Crippen LogP contribution in [0, 0.1) is 6.92 Å². The SMILES string of the molecule is Cc1cccc(C(C)(C)NC=O)c1. The number of rotatable bonds is 3. The van der Waals surface area contributed by atoms with Gasteiger partial charge < -0.3 is 5.32 Å². The molecule has 13 heavy (non-hydrogen) atoms. The molecule has 0 heterocycles. The molecule has 0 aromatic heterocycles. The Morgan fingerprint density at radius 3 is 2.62 bits per heavy atom. The van der Waals surface area contributed by atoms with Crippen molar-refractivity contribution in [1.82, 2.24) is 5.32 Å². The summed E-state index contributed by atoms with van der Waals surface area (Å²) in [7, 11) is 0. The monoisotopic (exact) mass is 177 g/mol. The van der Waals surface area contributed by atoms with E-state index in [4.69, 9.17) is 0 Å². The minimum absolute atomic E-state index is 0.284. The molecule has 0 aliphatic heterocycles. The van der Waals surface area contributed by atoms with Crippen molar-refractivity contribution < 1.29 is 4.79 Å². The highest BCUT2D eigenvalue weighted by atomic mass is 16.1. The standard InChI is InChI=1S/C11H15NO/c1-9-5-4-6-10(7-9)11(2,3)12-8-13/h4-8H,1-3H3,(H,12,13). The predicted octanol–water partition coefficient (Wildman–Crippen LogP) is 1.98. The smallest absolute Gasteiger partial charge is 0.207 e. The molecule has 0 aliphatic rings. The third kappa shape index (κ3) is 2.31. The zero-order chi connectivity index (χ0) is 9.90. The zero-order valence-corrected chi connectivity index (χ0v) is 8.29. The number of benzene rings is 1. The fourth-order valence-electron chi connectivity index (χ4n) is 1.26. The van der Waals surface area contributed by atoms with Crippen LogP contribution >= 0.6 is 0 Å². The van der Waals surface area contributed by atoms with Gasteiger partial charge in [-0.25, -0.2) is 0 Å². The first-order valence-corrected chi connectivity index (χ1v) is 4.35. The summed E-state index contributed by atoms with van der Waals surface area (Å²) in [4.78, 5) is 10.4. The van der Waals surface area contributed by atoms with E-state index in [9.17, 15) is 4.79 Å². The maximum atomic E-state index is 10.4. The van der Waals surface area contributed by atoms with E-state index in [2.05, 4.69) is 11.4 Å². The molecule has 1 aromatic rings. The molecule has 0 radical (unpaired) electrons. The van der Waals surface area contributed by atoms with Crippen molar-refractivity contribution in [3.63, 3.8) is 0 Å². The van der Waals surface area contributed by atoms with Gasteiger partial charge in [-0.1, -0.05) is 29.8 Å². The minimum atomic E-state index is -0.284. The molecule has 1 N–H and O–H groups in total. The van der Waals surface area contributed by atoms with E-state index < -0.39 is 0 Å². The van der Waals surface area contributed by atoms with Gasteiger partial charge in [0.25, 0.3) is 0 Å². The Morgan fingerprint density at radius 2 is 2.08 bits per heavy atom. The molecule has 0 saturated heterocycles. The first-order valence-electron chi connectivity index (χ1n) is 4.35. The van der Waals surface area contributed by atoms with Crippen LogP contribution in [0.3, 0.4) is 0 Å². The molecule has 2 nitrogen and oxygen atoms in total. The summed E-state index contributed by atoms with van der Waals surface area (Å²) in [5.41, 5.74) is 2.05. The Bertz CT molecular complexity index is 305. The van der Waals surface area contributed by atoms with Crippen LogP contribution in [0.2, 0.25) is 0 Å². The largest absolute Gasteiger partial charge is 0.350 e. The Labute approximate surface area is 79.0 Å². The first-order chi connectivity index (χ1) is 6.06. The number of hydrogen-bond donors (Lipinski definition) is 1. The number of carbonyl (C=O) groups is 1. The van der Waals surface area contributed by atoms with Crippen molar-refractivity contribution in [2.45, 2.75) is 26.3 Å². The molecular formula is C11H15NO. The lowest BCUT2D eigenvalue weighted by Gasteiger charge is -2.24. The Kier molecular flexibility index (Phi) is 2.71. The molecule has 70 valence electrons. The number of hydrogen-bond acceptors (Lipinski definition) is 1. The highest BCUT2D eigenvalue weighted by Gasteiger charge is 2.18. The highest BCUT2D eigenvalue weighted by molar-refractivity contribution is 5.49. The lowest BCUT2D eigenvalue weighted by molar-refractivity contribution is -0.111. The molecule has 0 unspecified atom stereocenters. The van der Waals surface area contributed by atoms with Gasteiger partial charge in [-0.15, -0.1) is 0 Å². The molecular weight excluding hydrogens is 162 g/mol. The van der Waals surface area contributed by atoms with Crippen LogP contribution in [-0.4, -0.2) is 6.41 Å². The van der Waals surface area contributed by atoms with Crippen molar-refractivity contribution in [2.24, 2.45) is 0 Å². The van der Waals surface area contributed by atoms with Crippen LogP contribution < -0.4 is 5.32 Å². The summed E-state index contributed by atoms with van der Waals surface area (Å²) in [6, 6.07) is 8.14. The van der Waals surface area contributed by atoms with Crippen molar-refractivity contribution in [1.29, 1.82) is 0 Å². The molecule has 1 amide bonds. The number of nitrogens with one attached hydrogen (secondary N) is 1. The average molecular weight is 177 g/mol. The second kappa shape index (κ2) is 3.60. The van der Waals surface area contributed by atoms with Gasteiger partial charge in [-0.3, -0.25) is 4.79 Å². The van der Waals surface area contributed by atoms with Gasteiger partial charge in [0.1, 0.15) is 0 Å². The van der Waals surface area contributed by atoms with Gasteiger partial charge >= 0.3 is 0 Å². The summed E-state index contributed by atoms with van der Waals surface area (Å²) in [5.74, 6) is 0. The van der Waals surface area contributed by atoms with Crippen LogP contribution in [-0.2, 0) is 10.3 Å². The summed E-state index contributed by atoms with van der Waals surface area (Å²) >= 11 is 0. The minimum Gasteiger partial charge on any atom is -0.350 e. The van der Waals surface area contributed by atoms with E-state index in [1.165, 1.54) is 5.56 Å². The van der Waals surface area contributed by atoms with E-state index in [1.807, 2.05) is 39.0 Å². The van der Waals surface area contributed by atoms with Crippen molar-refractivity contribution >= 4 is 6.41 Å². The molecule has 0 fully saturated rings. The molecule has 1 aromatic carbocycles. The van der Waals surface area contributed by atoms with Gasteiger partial charge in [0, 0.05) is 0 Å². The molecule has 1 rings (SSSR count). The second-order valence-corrected chi connectivity index (χ2v) is 3.76. The summed E-state index contributed by atoms with van der Waals surface area (Å²) in [5, 5.41) is 2.78. The van der Waals surface area contributed by atoms with Gasteiger partial charge in [0.2, 0.25) is 6.41 Å². The van der Waals surface area contributed by atoms with E-state index in [0.29, 0.717) is 0 Å². The predicted molar refractivity (Wildman–Crippen MR) is 53.4 cm³/mol. The van der Waals surface area contributed by atoms with Crippen molar-refractivity contribution in [3.05, 3.63) is 35.4 Å². The van der Waals surface area contributed by atoms with E-state index >= 15 is 0 Å². The van der Waals surface area contributed by atoms with Crippen LogP contribution in [0.4, 0.5) is 0 Å². The maximum absolute atomic E-state index is 10.4. The summed E-state index contributed by atoms with van der Waals surface area (Å²) in [6.07, 6.45) is 0.738. The molecule has 0 aliphatic carbocycles. The fourth-order valence-corrected chi connectivity index (χ4v) is 1.26. The second-order valence-electron chi connectivity index (χ2n) is 3.76. The molecule has 2 heteroatoms. The summed E-state index contributed by atoms with van der Waals surface area (Å²) in [6.45, 7) is 6.01. The highest BCUT2D eigenvalue weighted by Crippen LogP contribution is 2.19. The molecule has 0 atom stereocenters. The van der Waals surface area contributed by atoms with Gasteiger partial charge in [-0.05, 0) is 26.3 Å². The number of carbonyl (C=O) groups excluding carboxylic acids is 1. The number of amides is 1. The maximum Gasteiger partial charge on any atom is 0.207 e. The molecule has 0 saturated carbocycles. The lowest BCUT2D eigenvalue weighted by Crippen LogP contribution is -2.35. The van der Waals surface area contributed by atoms with Crippen molar-refractivity contribution in [3.8, 4) is 0 Å². The average Bonchev–Trinajstić information content (AvgIpc) is 2.04. The van der Waals surface area contributed by atoms with Crippen LogP contribution in [0.15, 0.2) is 24.3 Å². The normalized spacial score (nSPS) is 11.0. The van der Waals surface area contributed by atoms with E-state index in [0.717, 1.165) is 12.0 Å². The Hall–Kier alpha value is -1.31. The van der Waals surface area contributed by atoms with E-state index in [-0.39, 0.29) is 5.54 Å². The third-order valence-electron chi connectivity index (χ3n) is 2.16. The third-order valence-corrected chi connectivity index (χ3v) is 2.16. The summed E-state index contributed by atoms with van der Waals surface area (Å²) < 4.78 is 0. The van der Waals surface area contributed by atoms with Crippen LogP contribution in [0.5, 0.6) is 0 Å². The van der Waals surface area contributed by atoms with Gasteiger partial charge in [0.05, 0.1) is 5.54 Å². The Morgan fingerprint density at radius 1 is 1.38 bits per heavy atom. The lowest BCUT2D eigenvalue weighted by atomic mass is 9.93. The fraction of sp³-hybridized carbons (Fsp3) is 0.364. The van der Waals surface area contributed by atoms with Crippen LogP contribution in [0.1, 0.15) is 25.0 Å². The van der Waals surface area contributed by atoms with Gasteiger partial charge in [-0.2, -0.15) is 0 Å². The number of aryl methyl sites for hydroxylation is 1. The van der Waals surface area contributed by atoms with E-state index in [1.54, 1.807) is 0 Å². The quantitative estimate of drug-likeness (QED) is 0.703. The Balaban J connectivity index is 2.99. The molecule has 0 bridgehead atoms. The topological polar surface area (TPSA) is 29.1 Å². The molecule has 0 spiro atoms. The van der Waals surface area contributed by atoms with Gasteiger partial charge in [0.15, 0.2) is 0 Å².